The summed E-state index contributed by atoms with van der Waals surface area (Å²) < 4.78 is 5.74. The van der Waals surface area contributed by atoms with E-state index in [-0.39, 0.29) is 0 Å². The normalized spacial score (nSPS) is 10.7. The van der Waals surface area contributed by atoms with Gasteiger partial charge in [0.05, 0.1) is 21.8 Å². The second-order valence-corrected chi connectivity index (χ2v) is 6.34. The van der Waals surface area contributed by atoms with Gasteiger partial charge in [-0.1, -0.05) is 37.0 Å². The summed E-state index contributed by atoms with van der Waals surface area (Å²) in [6.45, 7) is 6.07. The molecule has 120 valence electrons. The van der Waals surface area contributed by atoms with Crippen molar-refractivity contribution in [2.75, 3.05) is 0 Å². The van der Waals surface area contributed by atoms with Crippen molar-refractivity contribution in [1.82, 2.24) is 10.2 Å². The Hall–Kier alpha value is -1.83. The summed E-state index contributed by atoms with van der Waals surface area (Å²) in [6, 6.07) is 7.46. The van der Waals surface area contributed by atoms with Gasteiger partial charge < -0.3 is 4.74 Å². The predicted molar refractivity (Wildman–Crippen MR) is 91.3 cm³/mol. The molecule has 6 heteroatoms. The van der Waals surface area contributed by atoms with Crippen LogP contribution in [0.1, 0.15) is 43.0 Å². The standard InChI is InChI=1S/C17H17Cl2N3O/c1-10(2)13-9-16(22-21-11(13)3)23-17-14(18)7-12(5-4-6-20)8-15(17)19/h7-10H,4-5H2,1-3H3. The first-order valence-electron chi connectivity index (χ1n) is 7.29. The van der Waals surface area contributed by atoms with Crippen LogP contribution in [-0.4, -0.2) is 10.2 Å². The minimum absolute atomic E-state index is 0.312. The van der Waals surface area contributed by atoms with Gasteiger partial charge >= 0.3 is 0 Å². The van der Waals surface area contributed by atoms with Crippen LogP contribution in [0, 0.1) is 18.3 Å². The zero-order valence-corrected chi connectivity index (χ0v) is 14.7. The first-order valence-corrected chi connectivity index (χ1v) is 8.05. The van der Waals surface area contributed by atoms with Crippen LogP contribution in [0.3, 0.4) is 0 Å². The number of rotatable bonds is 5. The molecule has 0 aliphatic heterocycles. The predicted octanol–water partition coefficient (Wildman–Crippen LogP) is 5.46. The van der Waals surface area contributed by atoms with E-state index in [0.29, 0.717) is 40.4 Å². The van der Waals surface area contributed by atoms with E-state index >= 15 is 0 Å². The third-order valence-electron chi connectivity index (χ3n) is 3.41. The molecule has 0 fully saturated rings. The van der Waals surface area contributed by atoms with Crippen molar-refractivity contribution in [3.63, 3.8) is 0 Å². The van der Waals surface area contributed by atoms with Gasteiger partial charge in [-0.25, -0.2) is 0 Å². The molecule has 1 aromatic heterocycles. The van der Waals surface area contributed by atoms with E-state index in [1.165, 1.54) is 0 Å². The van der Waals surface area contributed by atoms with E-state index in [4.69, 9.17) is 33.2 Å². The summed E-state index contributed by atoms with van der Waals surface area (Å²) in [4.78, 5) is 0. The molecule has 1 heterocycles. The lowest BCUT2D eigenvalue weighted by Crippen LogP contribution is -2.00. The average Bonchev–Trinajstić information content (AvgIpc) is 2.50. The Kier molecular flexibility index (Phi) is 5.81. The zero-order valence-electron chi connectivity index (χ0n) is 13.2. The van der Waals surface area contributed by atoms with E-state index in [1.807, 2.05) is 13.0 Å². The first kappa shape index (κ1) is 17.5. The molecule has 0 spiro atoms. The van der Waals surface area contributed by atoms with Gasteiger partial charge in [-0.05, 0) is 42.5 Å². The van der Waals surface area contributed by atoms with Crippen LogP contribution in [0.4, 0.5) is 0 Å². The number of halogens is 2. The molecule has 0 N–H and O–H groups in total. The molecule has 0 atom stereocenters. The Morgan fingerprint density at radius 2 is 1.83 bits per heavy atom. The molecule has 1 aromatic carbocycles. The molecule has 0 aliphatic rings. The number of hydrogen-bond donors (Lipinski definition) is 0. The Morgan fingerprint density at radius 1 is 1.17 bits per heavy atom. The van der Waals surface area contributed by atoms with Crippen LogP contribution < -0.4 is 4.74 Å². The van der Waals surface area contributed by atoms with E-state index in [2.05, 4.69) is 30.1 Å². The lowest BCUT2D eigenvalue weighted by atomic mass is 10.0. The molecular formula is C17H17Cl2N3O. The molecule has 2 rings (SSSR count). The number of aromatic nitrogens is 2. The van der Waals surface area contributed by atoms with Gasteiger partial charge in [0.25, 0.3) is 0 Å². The molecule has 23 heavy (non-hydrogen) atoms. The Morgan fingerprint density at radius 3 is 2.39 bits per heavy atom. The van der Waals surface area contributed by atoms with Crippen molar-refractivity contribution in [1.29, 1.82) is 5.26 Å². The zero-order chi connectivity index (χ0) is 17.0. The average molecular weight is 350 g/mol. The van der Waals surface area contributed by atoms with Gasteiger partial charge in [0.15, 0.2) is 5.75 Å². The van der Waals surface area contributed by atoms with Crippen LogP contribution in [-0.2, 0) is 6.42 Å². The van der Waals surface area contributed by atoms with Crippen molar-refractivity contribution in [3.05, 3.63) is 45.1 Å². The second-order valence-electron chi connectivity index (χ2n) is 5.53. The van der Waals surface area contributed by atoms with Gasteiger partial charge in [0.2, 0.25) is 5.88 Å². The summed E-state index contributed by atoms with van der Waals surface area (Å²) in [5.74, 6) is 1.02. The highest BCUT2D eigenvalue weighted by Crippen LogP contribution is 2.37. The summed E-state index contributed by atoms with van der Waals surface area (Å²) in [5.41, 5.74) is 2.83. The molecule has 0 saturated carbocycles. The van der Waals surface area contributed by atoms with Crippen LogP contribution >= 0.6 is 23.2 Å². The summed E-state index contributed by atoms with van der Waals surface area (Å²) in [6.07, 6.45) is 1.01. The fraction of sp³-hybridized carbons (Fsp3) is 0.353. The van der Waals surface area contributed by atoms with Crippen molar-refractivity contribution < 1.29 is 4.74 Å². The molecule has 0 bridgehead atoms. The molecule has 0 aliphatic carbocycles. The first-order chi connectivity index (χ1) is 10.9. The maximum Gasteiger partial charge on any atom is 0.239 e. The van der Waals surface area contributed by atoms with Crippen molar-refractivity contribution in [3.8, 4) is 17.7 Å². The summed E-state index contributed by atoms with van der Waals surface area (Å²) in [7, 11) is 0. The number of aryl methyl sites for hydroxylation is 2. The number of nitriles is 1. The quantitative estimate of drug-likeness (QED) is 0.718. The fourth-order valence-corrected chi connectivity index (χ4v) is 2.85. The minimum Gasteiger partial charge on any atom is -0.434 e. The Labute approximate surface area is 146 Å². The minimum atomic E-state index is 0.312. The molecule has 0 amide bonds. The second kappa shape index (κ2) is 7.63. The van der Waals surface area contributed by atoms with Gasteiger partial charge in [-0.2, -0.15) is 10.4 Å². The van der Waals surface area contributed by atoms with E-state index in [9.17, 15) is 0 Å². The van der Waals surface area contributed by atoms with Crippen LogP contribution in [0.25, 0.3) is 0 Å². The molecule has 0 radical (unpaired) electrons. The maximum absolute atomic E-state index is 8.65. The number of hydrogen-bond acceptors (Lipinski definition) is 4. The Balaban J connectivity index is 2.30. The molecule has 4 nitrogen and oxygen atoms in total. The fourth-order valence-electron chi connectivity index (χ4n) is 2.24. The molecular weight excluding hydrogens is 333 g/mol. The van der Waals surface area contributed by atoms with Crippen molar-refractivity contribution in [2.45, 2.75) is 39.5 Å². The highest BCUT2D eigenvalue weighted by Gasteiger charge is 2.14. The van der Waals surface area contributed by atoms with Crippen molar-refractivity contribution >= 4 is 23.2 Å². The number of benzene rings is 1. The SMILES string of the molecule is Cc1nnc(Oc2c(Cl)cc(CCC#N)cc2Cl)cc1C(C)C. The lowest BCUT2D eigenvalue weighted by Gasteiger charge is -2.13. The monoisotopic (exact) mass is 349 g/mol. The van der Waals surface area contributed by atoms with E-state index in [1.54, 1.807) is 12.1 Å². The molecule has 0 saturated heterocycles. The van der Waals surface area contributed by atoms with Crippen molar-refractivity contribution in [2.24, 2.45) is 0 Å². The van der Waals surface area contributed by atoms with Gasteiger partial charge in [-0.15, -0.1) is 5.10 Å². The van der Waals surface area contributed by atoms with Gasteiger partial charge in [0, 0.05) is 12.5 Å². The smallest absolute Gasteiger partial charge is 0.239 e. The van der Waals surface area contributed by atoms with Gasteiger partial charge in [-0.3, -0.25) is 0 Å². The number of ether oxygens (including phenoxy) is 1. The molecule has 0 unspecified atom stereocenters. The molecule has 2 aromatic rings. The highest BCUT2D eigenvalue weighted by molar-refractivity contribution is 6.37. The van der Waals surface area contributed by atoms with Gasteiger partial charge in [0.1, 0.15) is 0 Å². The third-order valence-corrected chi connectivity index (χ3v) is 3.97. The van der Waals surface area contributed by atoms with Crippen LogP contribution in [0.5, 0.6) is 11.6 Å². The van der Waals surface area contributed by atoms with E-state index in [0.717, 1.165) is 16.8 Å². The van der Waals surface area contributed by atoms with Crippen LogP contribution in [0.2, 0.25) is 10.0 Å². The third kappa shape index (κ3) is 4.34. The van der Waals surface area contributed by atoms with E-state index < -0.39 is 0 Å². The summed E-state index contributed by atoms with van der Waals surface area (Å²) >= 11 is 12.5. The number of nitrogens with zero attached hydrogens (tertiary/aromatic N) is 3. The summed E-state index contributed by atoms with van der Waals surface area (Å²) in [5, 5.41) is 17.6. The maximum atomic E-state index is 8.65. The lowest BCUT2D eigenvalue weighted by molar-refractivity contribution is 0.452. The highest BCUT2D eigenvalue weighted by atomic mass is 35.5. The van der Waals surface area contributed by atoms with Crippen LogP contribution in [0.15, 0.2) is 18.2 Å². The largest absolute Gasteiger partial charge is 0.434 e. The Bertz CT molecular complexity index is 731. The topological polar surface area (TPSA) is 58.8 Å².